The summed E-state index contributed by atoms with van der Waals surface area (Å²) in [5.41, 5.74) is 2.52. The van der Waals surface area contributed by atoms with Crippen molar-refractivity contribution in [2.75, 3.05) is 18.0 Å². The maximum absolute atomic E-state index is 12.4. The monoisotopic (exact) mass is 351 g/mol. The number of aromatic nitrogens is 3. The van der Waals surface area contributed by atoms with Crippen LogP contribution >= 0.6 is 0 Å². The van der Waals surface area contributed by atoms with Crippen LogP contribution in [0.1, 0.15) is 25.3 Å². The highest BCUT2D eigenvalue weighted by molar-refractivity contribution is 5.82. The lowest BCUT2D eigenvalue weighted by Gasteiger charge is -2.33. The zero-order valence-electron chi connectivity index (χ0n) is 15.1. The van der Waals surface area contributed by atoms with Gasteiger partial charge in [0.05, 0.1) is 0 Å². The highest BCUT2D eigenvalue weighted by Gasteiger charge is 2.22. The standard InChI is InChI=1S/C20H25N5O/c1-2-24-13-10-22-19(20(24)26)25-11-7-17(8-12-25)23-14-16-5-3-4-15-6-9-21-18(15)16/h3-6,9-10,13,17,21,23H,2,7-8,11-12,14H2,1H3. The first-order valence-electron chi connectivity index (χ1n) is 9.35. The molecule has 136 valence electrons. The molecule has 2 aromatic heterocycles. The van der Waals surface area contributed by atoms with E-state index in [4.69, 9.17) is 0 Å². The molecule has 0 bridgehead atoms. The third kappa shape index (κ3) is 3.24. The first-order chi connectivity index (χ1) is 12.8. The lowest BCUT2D eigenvalue weighted by Crippen LogP contribution is -2.44. The summed E-state index contributed by atoms with van der Waals surface area (Å²) in [7, 11) is 0. The molecule has 0 saturated carbocycles. The summed E-state index contributed by atoms with van der Waals surface area (Å²) in [5, 5.41) is 4.93. The van der Waals surface area contributed by atoms with Gasteiger partial charge in [-0.25, -0.2) is 4.98 Å². The minimum absolute atomic E-state index is 0.0137. The van der Waals surface area contributed by atoms with Crippen molar-refractivity contribution in [2.24, 2.45) is 0 Å². The Hall–Kier alpha value is -2.60. The maximum Gasteiger partial charge on any atom is 0.293 e. The highest BCUT2D eigenvalue weighted by Crippen LogP contribution is 2.19. The molecule has 1 fully saturated rings. The van der Waals surface area contributed by atoms with E-state index in [0.717, 1.165) is 32.5 Å². The van der Waals surface area contributed by atoms with Gasteiger partial charge in [-0.1, -0.05) is 18.2 Å². The van der Waals surface area contributed by atoms with E-state index < -0.39 is 0 Å². The topological polar surface area (TPSA) is 66.0 Å². The fourth-order valence-electron chi connectivity index (χ4n) is 3.75. The summed E-state index contributed by atoms with van der Waals surface area (Å²) in [6, 6.07) is 8.97. The number of aryl methyl sites for hydroxylation is 1. The molecule has 0 radical (unpaired) electrons. The summed E-state index contributed by atoms with van der Waals surface area (Å²) in [6.45, 7) is 5.23. The number of fused-ring (bicyclic) bond motifs is 1. The van der Waals surface area contributed by atoms with Crippen LogP contribution in [0.15, 0.2) is 47.7 Å². The van der Waals surface area contributed by atoms with Gasteiger partial charge in [-0.15, -0.1) is 0 Å². The van der Waals surface area contributed by atoms with Crippen LogP contribution in [0.4, 0.5) is 5.82 Å². The van der Waals surface area contributed by atoms with Crippen molar-refractivity contribution in [2.45, 2.75) is 38.9 Å². The van der Waals surface area contributed by atoms with Gasteiger partial charge in [0.2, 0.25) is 0 Å². The molecular formula is C20H25N5O. The molecule has 4 rings (SSSR count). The smallest absolute Gasteiger partial charge is 0.293 e. The van der Waals surface area contributed by atoms with Crippen molar-refractivity contribution in [3.63, 3.8) is 0 Å². The Labute approximate surface area is 152 Å². The van der Waals surface area contributed by atoms with Gasteiger partial charge < -0.3 is 19.8 Å². The molecule has 0 amide bonds. The Balaban J connectivity index is 1.37. The number of benzene rings is 1. The zero-order valence-corrected chi connectivity index (χ0v) is 15.1. The molecule has 1 saturated heterocycles. The summed E-state index contributed by atoms with van der Waals surface area (Å²) in [5.74, 6) is 0.587. The molecule has 26 heavy (non-hydrogen) atoms. The van der Waals surface area contributed by atoms with Gasteiger partial charge in [0.15, 0.2) is 5.82 Å². The number of hydrogen-bond acceptors (Lipinski definition) is 4. The van der Waals surface area contributed by atoms with Crippen LogP contribution in [0.5, 0.6) is 0 Å². The van der Waals surface area contributed by atoms with E-state index in [1.165, 1.54) is 16.5 Å². The van der Waals surface area contributed by atoms with E-state index in [2.05, 4.69) is 44.5 Å². The van der Waals surface area contributed by atoms with Gasteiger partial charge in [-0.3, -0.25) is 4.79 Å². The molecule has 0 spiro atoms. The van der Waals surface area contributed by atoms with Crippen LogP contribution in [-0.2, 0) is 13.1 Å². The molecule has 1 aromatic carbocycles. The van der Waals surface area contributed by atoms with E-state index in [9.17, 15) is 4.79 Å². The summed E-state index contributed by atoms with van der Waals surface area (Å²) in [6.07, 6.45) is 7.50. The Morgan fingerprint density at radius 2 is 2.12 bits per heavy atom. The van der Waals surface area contributed by atoms with Crippen LogP contribution in [0.3, 0.4) is 0 Å². The summed E-state index contributed by atoms with van der Waals surface area (Å²) < 4.78 is 1.71. The van der Waals surface area contributed by atoms with Crippen molar-refractivity contribution in [1.82, 2.24) is 19.9 Å². The zero-order chi connectivity index (χ0) is 17.9. The Morgan fingerprint density at radius 1 is 1.27 bits per heavy atom. The molecule has 1 aliphatic heterocycles. The number of piperidine rings is 1. The molecule has 3 heterocycles. The van der Waals surface area contributed by atoms with E-state index in [1.807, 2.05) is 13.1 Å². The number of aromatic amines is 1. The van der Waals surface area contributed by atoms with Crippen LogP contribution in [0, 0.1) is 0 Å². The third-order valence-electron chi connectivity index (χ3n) is 5.29. The highest BCUT2D eigenvalue weighted by atomic mass is 16.1. The Kier molecular flexibility index (Phi) is 4.75. The second-order valence-electron chi connectivity index (χ2n) is 6.84. The van der Waals surface area contributed by atoms with Gasteiger partial charge >= 0.3 is 0 Å². The van der Waals surface area contributed by atoms with Crippen LogP contribution < -0.4 is 15.8 Å². The van der Waals surface area contributed by atoms with Crippen molar-refractivity contribution in [1.29, 1.82) is 0 Å². The third-order valence-corrected chi connectivity index (χ3v) is 5.29. The second-order valence-corrected chi connectivity index (χ2v) is 6.84. The molecule has 0 unspecified atom stereocenters. The number of anilines is 1. The number of hydrogen-bond donors (Lipinski definition) is 2. The number of H-pyrrole nitrogens is 1. The molecule has 0 atom stereocenters. The van der Waals surface area contributed by atoms with E-state index >= 15 is 0 Å². The number of nitrogens with zero attached hydrogens (tertiary/aromatic N) is 3. The molecule has 2 N–H and O–H groups in total. The number of para-hydroxylation sites is 1. The molecule has 6 heteroatoms. The van der Waals surface area contributed by atoms with Gasteiger partial charge in [-0.2, -0.15) is 0 Å². The van der Waals surface area contributed by atoms with Crippen LogP contribution in [0.2, 0.25) is 0 Å². The minimum atomic E-state index is 0.0137. The van der Waals surface area contributed by atoms with Gasteiger partial charge in [0, 0.05) is 56.3 Å². The predicted octanol–water partition coefficient (Wildman–Crippen LogP) is 2.50. The average molecular weight is 351 g/mol. The fourth-order valence-corrected chi connectivity index (χ4v) is 3.75. The van der Waals surface area contributed by atoms with Crippen LogP contribution in [0.25, 0.3) is 10.9 Å². The predicted molar refractivity (Wildman–Crippen MR) is 105 cm³/mol. The first-order valence-corrected chi connectivity index (χ1v) is 9.35. The molecule has 3 aromatic rings. The SMILES string of the molecule is CCn1ccnc(N2CCC(NCc3cccc4cc[nH]c34)CC2)c1=O. The average Bonchev–Trinajstić information content (AvgIpc) is 3.16. The molecule has 1 aliphatic rings. The summed E-state index contributed by atoms with van der Waals surface area (Å²) >= 11 is 0. The molecular weight excluding hydrogens is 326 g/mol. The number of nitrogens with one attached hydrogen (secondary N) is 2. The van der Waals surface area contributed by atoms with E-state index in [-0.39, 0.29) is 5.56 Å². The summed E-state index contributed by atoms with van der Waals surface area (Å²) in [4.78, 5) is 22.2. The normalized spacial score (nSPS) is 15.7. The maximum atomic E-state index is 12.4. The molecule has 6 nitrogen and oxygen atoms in total. The largest absolute Gasteiger partial charge is 0.361 e. The minimum Gasteiger partial charge on any atom is -0.361 e. The van der Waals surface area contributed by atoms with Crippen molar-refractivity contribution >= 4 is 16.7 Å². The van der Waals surface area contributed by atoms with Gasteiger partial charge in [0.25, 0.3) is 5.56 Å². The van der Waals surface area contributed by atoms with Crippen molar-refractivity contribution in [3.05, 3.63) is 58.8 Å². The van der Waals surface area contributed by atoms with E-state index in [0.29, 0.717) is 18.4 Å². The first kappa shape index (κ1) is 16.8. The van der Waals surface area contributed by atoms with Gasteiger partial charge in [-0.05, 0) is 36.8 Å². The van der Waals surface area contributed by atoms with Crippen molar-refractivity contribution in [3.8, 4) is 0 Å². The number of rotatable bonds is 5. The lowest BCUT2D eigenvalue weighted by molar-refractivity contribution is 0.412. The van der Waals surface area contributed by atoms with E-state index in [1.54, 1.807) is 17.0 Å². The lowest BCUT2D eigenvalue weighted by atomic mass is 10.0. The Morgan fingerprint density at radius 3 is 2.92 bits per heavy atom. The quantitative estimate of drug-likeness (QED) is 0.741. The Bertz CT molecular complexity index is 937. The fraction of sp³-hybridized carbons (Fsp3) is 0.400. The van der Waals surface area contributed by atoms with Gasteiger partial charge in [0.1, 0.15) is 0 Å². The van der Waals surface area contributed by atoms with Crippen molar-refractivity contribution < 1.29 is 0 Å². The molecule has 0 aliphatic carbocycles. The van der Waals surface area contributed by atoms with Crippen LogP contribution in [-0.4, -0.2) is 33.7 Å². The second kappa shape index (κ2) is 7.33.